The van der Waals surface area contributed by atoms with E-state index in [9.17, 15) is 18.8 Å². The lowest BCUT2D eigenvalue weighted by atomic mass is 10.0. The Morgan fingerprint density at radius 3 is 2.47 bits per heavy atom. The molecule has 1 aromatic carbocycles. The normalized spacial score (nSPS) is 13.6. The van der Waals surface area contributed by atoms with Crippen molar-refractivity contribution in [1.82, 2.24) is 30.0 Å². The number of thiazole rings is 1. The zero-order chi connectivity index (χ0) is 25.2. The molecular weight excluding hydrogens is 483 g/mol. The molecule has 0 bridgehead atoms. The van der Waals surface area contributed by atoms with E-state index in [0.717, 1.165) is 5.56 Å². The lowest BCUT2D eigenvalue weighted by Gasteiger charge is -2.34. The van der Waals surface area contributed by atoms with Crippen molar-refractivity contribution in [2.75, 3.05) is 26.2 Å². The lowest BCUT2D eigenvalue weighted by Crippen LogP contribution is -2.50. The van der Waals surface area contributed by atoms with E-state index in [1.54, 1.807) is 33.5 Å². The number of aromatic amines is 1. The highest BCUT2D eigenvalue weighted by Gasteiger charge is 2.27. The third-order valence-electron chi connectivity index (χ3n) is 5.95. The number of piperazine rings is 1. The van der Waals surface area contributed by atoms with Gasteiger partial charge in [0.1, 0.15) is 17.2 Å². The molecule has 0 spiro atoms. The van der Waals surface area contributed by atoms with Crippen molar-refractivity contribution in [2.45, 2.75) is 6.42 Å². The minimum absolute atomic E-state index is 0.208. The van der Waals surface area contributed by atoms with E-state index in [0.29, 0.717) is 54.4 Å². The van der Waals surface area contributed by atoms with Gasteiger partial charge in [-0.25, -0.2) is 14.5 Å². The fourth-order valence-electron chi connectivity index (χ4n) is 4.10. The van der Waals surface area contributed by atoms with Gasteiger partial charge < -0.3 is 9.80 Å². The zero-order valence-electron chi connectivity index (χ0n) is 18.9. The summed E-state index contributed by atoms with van der Waals surface area (Å²) < 4.78 is 13.6. The highest BCUT2D eigenvalue weighted by atomic mass is 32.1. The first kappa shape index (κ1) is 23.3. The van der Waals surface area contributed by atoms with Crippen LogP contribution in [-0.2, 0) is 6.42 Å². The molecule has 2 amide bonds. The standard InChI is InChI=1S/C25H19FN6O3S/c1-2-22-28-21(14-36-22)25(35)32-9-7-31(8-10-32)24(34)20-12-15(5-6-27-20)11-19-17-4-3-16(26)13-18(17)23(33)30-29-19/h1,3-6,12-14H,7-11H2,(H,30,33). The highest BCUT2D eigenvalue weighted by Crippen LogP contribution is 2.19. The number of H-pyrrole nitrogens is 1. The zero-order valence-corrected chi connectivity index (χ0v) is 19.7. The second-order valence-corrected chi connectivity index (χ2v) is 9.04. The third kappa shape index (κ3) is 4.58. The quantitative estimate of drug-likeness (QED) is 0.428. The van der Waals surface area contributed by atoms with Gasteiger partial charge >= 0.3 is 0 Å². The molecule has 0 aliphatic carbocycles. The number of halogens is 1. The van der Waals surface area contributed by atoms with Gasteiger partial charge in [-0.15, -0.1) is 17.8 Å². The topological polar surface area (TPSA) is 112 Å². The number of fused-ring (bicyclic) bond motifs is 1. The number of nitrogens with one attached hydrogen (secondary N) is 1. The number of terminal acetylenes is 1. The van der Waals surface area contributed by atoms with Crippen LogP contribution >= 0.6 is 11.3 Å². The molecule has 5 rings (SSSR count). The van der Waals surface area contributed by atoms with E-state index < -0.39 is 11.4 Å². The van der Waals surface area contributed by atoms with Crippen LogP contribution < -0.4 is 5.56 Å². The molecule has 0 saturated carbocycles. The molecule has 36 heavy (non-hydrogen) atoms. The van der Waals surface area contributed by atoms with Gasteiger partial charge in [-0.3, -0.25) is 19.4 Å². The number of benzene rings is 1. The van der Waals surface area contributed by atoms with Gasteiger partial charge in [0.15, 0.2) is 5.01 Å². The van der Waals surface area contributed by atoms with E-state index in [4.69, 9.17) is 6.42 Å². The van der Waals surface area contributed by atoms with E-state index in [2.05, 4.69) is 26.1 Å². The van der Waals surface area contributed by atoms with Gasteiger partial charge in [0, 0.05) is 49.6 Å². The van der Waals surface area contributed by atoms with E-state index in [1.807, 2.05) is 0 Å². The predicted octanol–water partition coefficient (Wildman–Crippen LogP) is 2.08. The molecular formula is C25H19FN6O3S. The smallest absolute Gasteiger partial charge is 0.273 e. The number of aromatic nitrogens is 4. The second-order valence-electron chi connectivity index (χ2n) is 8.18. The number of rotatable bonds is 4. The number of carbonyl (C=O) groups is 2. The molecule has 1 N–H and O–H groups in total. The molecule has 4 heterocycles. The van der Waals surface area contributed by atoms with Gasteiger partial charge in [-0.2, -0.15) is 5.10 Å². The van der Waals surface area contributed by atoms with Gasteiger partial charge in [-0.1, -0.05) is 0 Å². The van der Waals surface area contributed by atoms with Crippen molar-refractivity contribution in [3.8, 4) is 12.3 Å². The number of hydrogen-bond acceptors (Lipinski definition) is 7. The Morgan fingerprint density at radius 2 is 1.78 bits per heavy atom. The molecule has 0 unspecified atom stereocenters. The Hall–Kier alpha value is -4.43. The van der Waals surface area contributed by atoms with E-state index in [1.165, 1.54) is 29.5 Å². The first-order valence-electron chi connectivity index (χ1n) is 11.1. The summed E-state index contributed by atoms with van der Waals surface area (Å²) in [7, 11) is 0. The minimum atomic E-state index is -0.507. The van der Waals surface area contributed by atoms with Gasteiger partial charge in [0.05, 0.1) is 11.1 Å². The van der Waals surface area contributed by atoms with E-state index in [-0.39, 0.29) is 22.9 Å². The van der Waals surface area contributed by atoms with Gasteiger partial charge in [-0.05, 0) is 41.8 Å². The molecule has 1 fully saturated rings. The van der Waals surface area contributed by atoms with Crippen LogP contribution in [-0.4, -0.2) is 68.0 Å². The van der Waals surface area contributed by atoms with Crippen molar-refractivity contribution in [2.24, 2.45) is 0 Å². The molecule has 1 saturated heterocycles. The summed E-state index contributed by atoms with van der Waals surface area (Å²) in [4.78, 5) is 49.5. The summed E-state index contributed by atoms with van der Waals surface area (Å²) >= 11 is 1.24. The van der Waals surface area contributed by atoms with Crippen molar-refractivity contribution in [3.05, 3.63) is 85.7 Å². The third-order valence-corrected chi connectivity index (χ3v) is 6.72. The molecule has 180 valence electrons. The molecule has 4 aromatic rings. The molecule has 9 nitrogen and oxygen atoms in total. The van der Waals surface area contributed by atoms with Crippen LogP contribution in [0.4, 0.5) is 4.39 Å². The van der Waals surface area contributed by atoms with Gasteiger partial charge in [0.2, 0.25) is 0 Å². The van der Waals surface area contributed by atoms with Crippen molar-refractivity contribution >= 4 is 33.9 Å². The summed E-state index contributed by atoms with van der Waals surface area (Å²) in [5.74, 6) is 1.46. The van der Waals surface area contributed by atoms with Crippen LogP contribution in [0.5, 0.6) is 0 Å². The largest absolute Gasteiger partial charge is 0.334 e. The predicted molar refractivity (Wildman–Crippen MR) is 131 cm³/mol. The van der Waals surface area contributed by atoms with Crippen LogP contribution in [0.1, 0.15) is 37.2 Å². The van der Waals surface area contributed by atoms with Crippen LogP contribution in [0.2, 0.25) is 0 Å². The first-order valence-corrected chi connectivity index (χ1v) is 11.9. The number of hydrogen-bond donors (Lipinski definition) is 1. The molecule has 3 aromatic heterocycles. The maximum Gasteiger partial charge on any atom is 0.273 e. The van der Waals surface area contributed by atoms with Crippen LogP contribution in [0.3, 0.4) is 0 Å². The first-order chi connectivity index (χ1) is 17.4. The Bertz CT molecular complexity index is 1580. The monoisotopic (exact) mass is 502 g/mol. The van der Waals surface area contributed by atoms with Crippen molar-refractivity contribution in [1.29, 1.82) is 0 Å². The van der Waals surface area contributed by atoms with Crippen LogP contribution in [0, 0.1) is 18.2 Å². The Balaban J connectivity index is 1.28. The summed E-state index contributed by atoms with van der Waals surface area (Å²) in [6.45, 7) is 1.47. The molecule has 0 atom stereocenters. The maximum absolute atomic E-state index is 13.6. The maximum atomic E-state index is 13.6. The molecule has 1 aliphatic rings. The number of amides is 2. The number of pyridine rings is 1. The molecule has 0 radical (unpaired) electrons. The Labute approximate surface area is 208 Å². The number of carbonyl (C=O) groups excluding carboxylic acids is 2. The minimum Gasteiger partial charge on any atom is -0.334 e. The summed E-state index contributed by atoms with van der Waals surface area (Å²) in [6, 6.07) is 7.41. The van der Waals surface area contributed by atoms with E-state index >= 15 is 0 Å². The number of nitrogens with zero attached hydrogens (tertiary/aromatic N) is 5. The molecule has 11 heteroatoms. The Kier molecular flexibility index (Phi) is 6.26. The average Bonchev–Trinajstić information content (AvgIpc) is 3.39. The average molecular weight is 503 g/mol. The lowest BCUT2D eigenvalue weighted by molar-refractivity contribution is 0.0529. The summed E-state index contributed by atoms with van der Waals surface area (Å²) in [6.07, 6.45) is 7.19. The Morgan fingerprint density at radius 1 is 1.06 bits per heavy atom. The van der Waals surface area contributed by atoms with Crippen molar-refractivity contribution in [3.63, 3.8) is 0 Å². The van der Waals surface area contributed by atoms with Crippen LogP contribution in [0.25, 0.3) is 10.8 Å². The summed E-state index contributed by atoms with van der Waals surface area (Å²) in [5.41, 5.74) is 1.43. The van der Waals surface area contributed by atoms with Gasteiger partial charge in [0.25, 0.3) is 17.4 Å². The molecule has 1 aliphatic heterocycles. The fourth-order valence-corrected chi connectivity index (χ4v) is 4.69. The SMILES string of the molecule is C#Cc1nc(C(=O)N2CCN(C(=O)c3cc(Cc4n[nH]c(=O)c5cc(F)ccc45)ccn3)CC2)cs1. The van der Waals surface area contributed by atoms with Crippen LogP contribution in [0.15, 0.2) is 46.7 Å². The highest BCUT2D eigenvalue weighted by molar-refractivity contribution is 7.10. The fraction of sp³-hybridized carbons (Fsp3) is 0.200. The summed E-state index contributed by atoms with van der Waals surface area (Å²) in [5, 5.41) is 9.37. The van der Waals surface area contributed by atoms with Crippen molar-refractivity contribution < 1.29 is 14.0 Å². The second kappa shape index (κ2) is 9.67.